The van der Waals surface area contributed by atoms with Gasteiger partial charge in [-0.15, -0.1) is 0 Å². The zero-order valence-electron chi connectivity index (χ0n) is 11.6. The minimum absolute atomic E-state index is 0.532. The summed E-state index contributed by atoms with van der Waals surface area (Å²) in [6, 6.07) is 7.83. The predicted octanol–water partition coefficient (Wildman–Crippen LogP) is 1.16. The van der Waals surface area contributed by atoms with Crippen molar-refractivity contribution in [3.63, 3.8) is 0 Å². The highest BCUT2D eigenvalue weighted by atomic mass is 15.2. The molecule has 0 saturated carbocycles. The second-order valence-corrected chi connectivity index (χ2v) is 5.07. The van der Waals surface area contributed by atoms with E-state index in [-0.39, 0.29) is 0 Å². The molecule has 0 fully saturated rings. The van der Waals surface area contributed by atoms with Gasteiger partial charge in [-0.05, 0) is 24.3 Å². The van der Waals surface area contributed by atoms with Crippen LogP contribution >= 0.6 is 0 Å². The van der Waals surface area contributed by atoms with Crippen molar-refractivity contribution in [2.75, 3.05) is 0 Å². The maximum absolute atomic E-state index is 4.12. The number of aromatic nitrogens is 8. The largest absolute Gasteiger partial charge is 0.283 e. The quantitative estimate of drug-likeness (QED) is 0.442. The second-order valence-electron chi connectivity index (χ2n) is 5.07. The van der Waals surface area contributed by atoms with Crippen LogP contribution in [0.5, 0.6) is 0 Å². The van der Waals surface area contributed by atoms with Gasteiger partial charge in [-0.2, -0.15) is 20.4 Å². The van der Waals surface area contributed by atoms with Crippen molar-refractivity contribution in [2.24, 2.45) is 0 Å². The molecule has 0 radical (unpaired) electrons. The zero-order valence-corrected chi connectivity index (χ0v) is 11.6. The fraction of sp³-hybridized carbons (Fsp3) is 0.143. The second kappa shape index (κ2) is 4.99. The smallest absolute Gasteiger partial charge is 0.100 e. The zero-order chi connectivity index (χ0) is 14.8. The van der Waals surface area contributed by atoms with E-state index in [0.29, 0.717) is 6.42 Å². The molecule has 0 aliphatic rings. The van der Waals surface area contributed by atoms with E-state index < -0.39 is 5.41 Å². The lowest BCUT2D eigenvalue weighted by Gasteiger charge is -2.30. The summed E-state index contributed by atoms with van der Waals surface area (Å²) in [5.74, 6) is 0. The Labute approximate surface area is 125 Å². The maximum atomic E-state index is 4.12. The molecule has 4 N–H and O–H groups in total. The Hall–Kier alpha value is -3.16. The van der Waals surface area contributed by atoms with Gasteiger partial charge in [0.25, 0.3) is 0 Å². The van der Waals surface area contributed by atoms with Crippen LogP contribution in [0.1, 0.15) is 22.8 Å². The van der Waals surface area contributed by atoms with Crippen LogP contribution < -0.4 is 0 Å². The molecule has 110 valence electrons. The van der Waals surface area contributed by atoms with Gasteiger partial charge in [0.2, 0.25) is 0 Å². The van der Waals surface area contributed by atoms with Gasteiger partial charge in [0.1, 0.15) is 5.41 Å². The summed E-state index contributed by atoms with van der Waals surface area (Å²) in [6.45, 7) is 0. The van der Waals surface area contributed by atoms with Crippen molar-refractivity contribution in [3.8, 4) is 0 Å². The molecule has 4 aromatic heterocycles. The van der Waals surface area contributed by atoms with Crippen molar-refractivity contribution in [1.29, 1.82) is 0 Å². The van der Waals surface area contributed by atoms with Crippen molar-refractivity contribution in [1.82, 2.24) is 40.8 Å². The Morgan fingerprint density at radius 1 is 0.636 bits per heavy atom. The first kappa shape index (κ1) is 12.6. The molecule has 0 aliphatic heterocycles. The summed E-state index contributed by atoms with van der Waals surface area (Å²) in [5, 5.41) is 28.7. The van der Waals surface area contributed by atoms with E-state index in [1.807, 2.05) is 24.3 Å². The Kier molecular flexibility index (Phi) is 2.85. The minimum atomic E-state index is -0.532. The lowest BCUT2D eigenvalue weighted by atomic mass is 9.74. The van der Waals surface area contributed by atoms with E-state index in [1.54, 1.807) is 24.8 Å². The molecule has 0 atom stereocenters. The summed E-state index contributed by atoms with van der Waals surface area (Å²) in [6.07, 6.45) is 7.61. The maximum Gasteiger partial charge on any atom is 0.100 e. The van der Waals surface area contributed by atoms with Gasteiger partial charge < -0.3 is 0 Å². The molecule has 0 bridgehead atoms. The normalized spacial score (nSPS) is 11.8. The van der Waals surface area contributed by atoms with Gasteiger partial charge in [-0.25, -0.2) is 0 Å². The third kappa shape index (κ3) is 1.85. The average Bonchev–Trinajstić information content (AvgIpc) is 3.36. The molecule has 8 heteroatoms. The van der Waals surface area contributed by atoms with E-state index in [4.69, 9.17) is 0 Å². The molecule has 4 heterocycles. The third-order valence-corrected chi connectivity index (χ3v) is 3.90. The number of nitrogens with zero attached hydrogens (tertiary/aromatic N) is 4. The molecule has 4 rings (SSSR count). The molecule has 0 aromatic carbocycles. The molecule has 4 aromatic rings. The summed E-state index contributed by atoms with van der Waals surface area (Å²) >= 11 is 0. The van der Waals surface area contributed by atoms with Crippen LogP contribution in [0.3, 0.4) is 0 Å². The Balaban J connectivity index is 1.96. The van der Waals surface area contributed by atoms with E-state index in [9.17, 15) is 0 Å². The first-order chi connectivity index (χ1) is 10.9. The number of nitrogens with one attached hydrogen (secondary N) is 4. The highest BCUT2D eigenvalue weighted by molar-refractivity contribution is 5.42. The molecule has 0 saturated heterocycles. The van der Waals surface area contributed by atoms with Gasteiger partial charge in [0.05, 0.1) is 17.1 Å². The SMILES string of the molecule is c1cc(CC(c2ccn[nH]2)(c2ccn[nH]2)c2ccn[nH]2)[nH]n1. The van der Waals surface area contributed by atoms with Crippen LogP contribution in [-0.2, 0) is 11.8 Å². The van der Waals surface area contributed by atoms with Crippen molar-refractivity contribution >= 4 is 0 Å². The number of H-pyrrole nitrogens is 4. The van der Waals surface area contributed by atoms with Crippen LogP contribution in [0, 0.1) is 0 Å². The third-order valence-electron chi connectivity index (χ3n) is 3.90. The molecule has 0 spiro atoms. The van der Waals surface area contributed by atoms with Gasteiger partial charge >= 0.3 is 0 Å². The summed E-state index contributed by atoms with van der Waals surface area (Å²) in [5.41, 5.74) is 3.29. The number of hydrogen-bond donors (Lipinski definition) is 4. The fourth-order valence-corrected chi connectivity index (χ4v) is 2.87. The first-order valence-electron chi connectivity index (χ1n) is 6.87. The molecule has 0 amide bonds. The van der Waals surface area contributed by atoms with E-state index >= 15 is 0 Å². The van der Waals surface area contributed by atoms with Crippen molar-refractivity contribution in [3.05, 3.63) is 71.8 Å². The van der Waals surface area contributed by atoms with E-state index in [0.717, 1.165) is 22.8 Å². The monoisotopic (exact) mass is 294 g/mol. The summed E-state index contributed by atoms with van der Waals surface area (Å²) < 4.78 is 0. The van der Waals surface area contributed by atoms with Crippen molar-refractivity contribution < 1.29 is 0 Å². The van der Waals surface area contributed by atoms with Crippen LogP contribution in [0.25, 0.3) is 0 Å². The molecular weight excluding hydrogens is 280 g/mol. The Morgan fingerprint density at radius 2 is 1.09 bits per heavy atom. The standard InChI is InChI=1S/C14H14N8/c1-5-15-19-10(1)9-14(11-2-6-16-20-11,12-3-7-17-21-12)13-4-8-18-22-13/h1-8H,9H2,(H,15,19)(H,16,20)(H,17,21)(H,18,22). The summed E-state index contributed by atoms with van der Waals surface area (Å²) in [4.78, 5) is 0. The van der Waals surface area contributed by atoms with Gasteiger partial charge in [0.15, 0.2) is 0 Å². The van der Waals surface area contributed by atoms with E-state index in [1.165, 1.54) is 0 Å². The molecule has 0 unspecified atom stereocenters. The van der Waals surface area contributed by atoms with Crippen LogP contribution in [0.4, 0.5) is 0 Å². The predicted molar refractivity (Wildman–Crippen MR) is 77.9 cm³/mol. The first-order valence-corrected chi connectivity index (χ1v) is 6.87. The molecule has 0 aliphatic carbocycles. The van der Waals surface area contributed by atoms with Gasteiger partial charge in [0, 0.05) is 36.9 Å². The van der Waals surface area contributed by atoms with Crippen molar-refractivity contribution in [2.45, 2.75) is 11.8 Å². The lowest BCUT2D eigenvalue weighted by molar-refractivity contribution is 0.543. The Bertz CT molecular complexity index is 712. The molecule has 22 heavy (non-hydrogen) atoms. The number of rotatable bonds is 5. The van der Waals surface area contributed by atoms with Crippen LogP contribution in [0.2, 0.25) is 0 Å². The highest BCUT2D eigenvalue weighted by Gasteiger charge is 2.41. The average molecular weight is 294 g/mol. The lowest BCUT2D eigenvalue weighted by Crippen LogP contribution is -2.34. The van der Waals surface area contributed by atoms with Gasteiger partial charge in [-0.1, -0.05) is 0 Å². The van der Waals surface area contributed by atoms with Crippen LogP contribution in [-0.4, -0.2) is 40.8 Å². The minimum Gasteiger partial charge on any atom is -0.283 e. The number of aromatic amines is 4. The Morgan fingerprint density at radius 3 is 1.45 bits per heavy atom. The topological polar surface area (TPSA) is 115 Å². The van der Waals surface area contributed by atoms with Crippen LogP contribution in [0.15, 0.2) is 49.1 Å². The fourth-order valence-electron chi connectivity index (χ4n) is 2.87. The number of hydrogen-bond acceptors (Lipinski definition) is 4. The molecule has 8 nitrogen and oxygen atoms in total. The van der Waals surface area contributed by atoms with E-state index in [2.05, 4.69) is 40.8 Å². The highest BCUT2D eigenvalue weighted by Crippen LogP contribution is 2.38. The summed E-state index contributed by atoms with van der Waals surface area (Å²) in [7, 11) is 0. The molecular formula is C14H14N8. The van der Waals surface area contributed by atoms with Gasteiger partial charge in [-0.3, -0.25) is 20.4 Å².